The highest BCUT2D eigenvalue weighted by Gasteiger charge is 2.26. The van der Waals surface area contributed by atoms with Gasteiger partial charge in [-0.15, -0.1) is 0 Å². The maximum Gasteiger partial charge on any atom is 0.274 e. The lowest BCUT2D eigenvalue weighted by Gasteiger charge is -2.32. The zero-order valence-electron chi connectivity index (χ0n) is 12.6. The van der Waals surface area contributed by atoms with Gasteiger partial charge in [0.1, 0.15) is 5.69 Å². The molecular formula is C17H19N3O2. The molecular weight excluding hydrogens is 278 g/mol. The first-order valence-electron chi connectivity index (χ1n) is 7.46. The maximum absolute atomic E-state index is 12.5. The maximum atomic E-state index is 12.5. The minimum absolute atomic E-state index is 0.0264. The van der Waals surface area contributed by atoms with Crippen LogP contribution in [0.4, 0.5) is 0 Å². The van der Waals surface area contributed by atoms with Gasteiger partial charge >= 0.3 is 0 Å². The van der Waals surface area contributed by atoms with E-state index in [4.69, 9.17) is 4.74 Å². The van der Waals surface area contributed by atoms with Gasteiger partial charge in [-0.1, -0.05) is 30.3 Å². The third-order valence-electron chi connectivity index (χ3n) is 3.73. The van der Waals surface area contributed by atoms with E-state index in [9.17, 15) is 4.79 Å². The number of aromatic nitrogens is 2. The largest absolute Gasteiger partial charge is 0.374 e. The van der Waals surface area contributed by atoms with Gasteiger partial charge in [-0.05, 0) is 12.5 Å². The number of rotatable bonds is 3. The molecule has 0 radical (unpaired) electrons. The normalized spacial score (nSPS) is 18.2. The molecule has 1 aliphatic heterocycles. The molecule has 0 bridgehead atoms. The van der Waals surface area contributed by atoms with Gasteiger partial charge in [0, 0.05) is 25.7 Å². The SMILES string of the molecule is Cc1cnc(C(=O)N2CCOC(Cc3ccccc3)C2)cn1. The summed E-state index contributed by atoms with van der Waals surface area (Å²) in [6, 6.07) is 10.2. The number of carbonyl (C=O) groups excluding carboxylic acids is 1. The molecule has 1 unspecified atom stereocenters. The quantitative estimate of drug-likeness (QED) is 0.868. The summed E-state index contributed by atoms with van der Waals surface area (Å²) in [4.78, 5) is 22.6. The summed E-state index contributed by atoms with van der Waals surface area (Å²) in [5, 5.41) is 0. The minimum Gasteiger partial charge on any atom is -0.374 e. The summed E-state index contributed by atoms with van der Waals surface area (Å²) in [6.45, 7) is 3.59. The number of ether oxygens (including phenoxy) is 1. The second-order valence-corrected chi connectivity index (χ2v) is 5.48. The predicted molar refractivity (Wildman–Crippen MR) is 82.6 cm³/mol. The molecule has 2 aromatic rings. The van der Waals surface area contributed by atoms with E-state index in [1.807, 2.05) is 25.1 Å². The van der Waals surface area contributed by atoms with Crippen molar-refractivity contribution in [3.63, 3.8) is 0 Å². The summed E-state index contributed by atoms with van der Waals surface area (Å²) in [6.07, 6.45) is 4.00. The van der Waals surface area contributed by atoms with E-state index in [2.05, 4.69) is 22.1 Å². The lowest BCUT2D eigenvalue weighted by molar-refractivity contribution is -0.0210. The number of hydrogen-bond acceptors (Lipinski definition) is 4. The highest BCUT2D eigenvalue weighted by atomic mass is 16.5. The van der Waals surface area contributed by atoms with E-state index in [0.29, 0.717) is 25.4 Å². The zero-order chi connectivity index (χ0) is 15.4. The summed E-state index contributed by atoms with van der Waals surface area (Å²) >= 11 is 0. The topological polar surface area (TPSA) is 55.3 Å². The van der Waals surface area contributed by atoms with E-state index in [0.717, 1.165) is 12.1 Å². The average molecular weight is 297 g/mol. The number of benzene rings is 1. The second-order valence-electron chi connectivity index (χ2n) is 5.48. The summed E-state index contributed by atoms with van der Waals surface area (Å²) < 4.78 is 5.79. The highest BCUT2D eigenvalue weighted by molar-refractivity contribution is 5.92. The van der Waals surface area contributed by atoms with E-state index in [1.54, 1.807) is 17.3 Å². The number of carbonyl (C=O) groups is 1. The monoisotopic (exact) mass is 297 g/mol. The van der Waals surface area contributed by atoms with Crippen LogP contribution in [0.15, 0.2) is 42.7 Å². The molecule has 1 aliphatic rings. The van der Waals surface area contributed by atoms with Crippen LogP contribution in [-0.4, -0.2) is 46.6 Å². The first-order valence-corrected chi connectivity index (χ1v) is 7.46. The molecule has 1 saturated heterocycles. The first-order chi connectivity index (χ1) is 10.7. The summed E-state index contributed by atoms with van der Waals surface area (Å²) in [5.74, 6) is -0.0751. The van der Waals surface area contributed by atoms with Crippen LogP contribution in [0, 0.1) is 6.92 Å². The van der Waals surface area contributed by atoms with Gasteiger partial charge < -0.3 is 9.64 Å². The number of nitrogens with zero attached hydrogens (tertiary/aromatic N) is 3. The van der Waals surface area contributed by atoms with Crippen molar-refractivity contribution in [1.82, 2.24) is 14.9 Å². The Kier molecular flexibility index (Phi) is 4.44. The Hall–Kier alpha value is -2.27. The Bertz CT molecular complexity index is 628. The van der Waals surface area contributed by atoms with Gasteiger partial charge in [-0.25, -0.2) is 4.98 Å². The fourth-order valence-electron chi connectivity index (χ4n) is 2.57. The second kappa shape index (κ2) is 6.66. The first kappa shape index (κ1) is 14.7. The van der Waals surface area contributed by atoms with E-state index in [1.165, 1.54) is 5.56 Å². The molecule has 0 aliphatic carbocycles. The fraction of sp³-hybridized carbons (Fsp3) is 0.353. The van der Waals surface area contributed by atoms with Gasteiger partial charge in [-0.2, -0.15) is 0 Å². The summed E-state index contributed by atoms with van der Waals surface area (Å²) in [7, 11) is 0. The Morgan fingerprint density at radius 3 is 2.82 bits per heavy atom. The molecule has 5 nitrogen and oxygen atoms in total. The minimum atomic E-state index is -0.0751. The van der Waals surface area contributed by atoms with Gasteiger partial charge in [0.05, 0.1) is 24.6 Å². The van der Waals surface area contributed by atoms with Gasteiger partial charge in [0.15, 0.2) is 0 Å². The van der Waals surface area contributed by atoms with Crippen molar-refractivity contribution in [2.24, 2.45) is 0 Å². The van der Waals surface area contributed by atoms with Crippen molar-refractivity contribution >= 4 is 5.91 Å². The Labute approximate surface area is 130 Å². The lowest BCUT2D eigenvalue weighted by Crippen LogP contribution is -2.46. The van der Waals surface area contributed by atoms with Crippen molar-refractivity contribution in [3.8, 4) is 0 Å². The molecule has 1 aromatic heterocycles. The van der Waals surface area contributed by atoms with Crippen LogP contribution >= 0.6 is 0 Å². The predicted octanol–water partition coefficient (Wildman–Crippen LogP) is 1.87. The summed E-state index contributed by atoms with van der Waals surface area (Å²) in [5.41, 5.74) is 2.42. The lowest BCUT2D eigenvalue weighted by atomic mass is 10.1. The molecule has 1 atom stereocenters. The molecule has 2 heterocycles. The average Bonchev–Trinajstić information content (AvgIpc) is 2.56. The van der Waals surface area contributed by atoms with E-state index < -0.39 is 0 Å². The molecule has 3 rings (SSSR count). The third-order valence-corrected chi connectivity index (χ3v) is 3.73. The number of morpholine rings is 1. The van der Waals surface area contributed by atoms with Crippen LogP contribution in [0.25, 0.3) is 0 Å². The molecule has 1 fully saturated rings. The number of aryl methyl sites for hydroxylation is 1. The highest BCUT2D eigenvalue weighted by Crippen LogP contribution is 2.13. The fourth-order valence-corrected chi connectivity index (χ4v) is 2.57. The van der Waals surface area contributed by atoms with Crippen LogP contribution in [0.1, 0.15) is 21.7 Å². The molecule has 0 saturated carbocycles. The van der Waals surface area contributed by atoms with Crippen LogP contribution in [0.5, 0.6) is 0 Å². The van der Waals surface area contributed by atoms with Crippen molar-refractivity contribution in [2.75, 3.05) is 19.7 Å². The third kappa shape index (κ3) is 3.49. The standard InChI is InChI=1S/C17H19N3O2/c1-13-10-19-16(11-18-13)17(21)20-7-8-22-15(12-20)9-14-5-3-2-4-6-14/h2-6,10-11,15H,7-9,12H2,1H3. The Morgan fingerprint density at radius 1 is 1.27 bits per heavy atom. The molecule has 1 amide bonds. The molecule has 0 N–H and O–H groups in total. The van der Waals surface area contributed by atoms with Crippen LogP contribution in [-0.2, 0) is 11.2 Å². The van der Waals surface area contributed by atoms with E-state index >= 15 is 0 Å². The Morgan fingerprint density at radius 2 is 2.09 bits per heavy atom. The van der Waals surface area contributed by atoms with E-state index in [-0.39, 0.29) is 12.0 Å². The molecule has 22 heavy (non-hydrogen) atoms. The van der Waals surface area contributed by atoms with Crippen LogP contribution in [0.2, 0.25) is 0 Å². The number of amides is 1. The van der Waals surface area contributed by atoms with Crippen molar-refractivity contribution in [1.29, 1.82) is 0 Å². The van der Waals surface area contributed by atoms with Gasteiger partial charge in [0.25, 0.3) is 5.91 Å². The van der Waals surface area contributed by atoms with Crippen molar-refractivity contribution in [2.45, 2.75) is 19.4 Å². The van der Waals surface area contributed by atoms with Crippen molar-refractivity contribution in [3.05, 3.63) is 59.7 Å². The molecule has 5 heteroatoms. The molecule has 114 valence electrons. The van der Waals surface area contributed by atoms with Crippen LogP contribution < -0.4 is 0 Å². The zero-order valence-corrected chi connectivity index (χ0v) is 12.6. The molecule has 1 aromatic carbocycles. The van der Waals surface area contributed by atoms with Crippen molar-refractivity contribution < 1.29 is 9.53 Å². The molecule has 0 spiro atoms. The smallest absolute Gasteiger partial charge is 0.274 e. The number of hydrogen-bond donors (Lipinski definition) is 0. The van der Waals surface area contributed by atoms with Gasteiger partial charge in [0.2, 0.25) is 0 Å². The van der Waals surface area contributed by atoms with Crippen LogP contribution in [0.3, 0.4) is 0 Å². The Balaban J connectivity index is 1.65. The van der Waals surface area contributed by atoms with Gasteiger partial charge in [-0.3, -0.25) is 9.78 Å².